The molecule has 0 N–H and O–H groups in total. The monoisotopic (exact) mass is 453 g/mol. The molecule has 7 nitrogen and oxygen atoms in total. The number of hydrogen-bond acceptors (Lipinski definition) is 7. The molecule has 1 amide bonds. The molecule has 2 aromatic carbocycles. The van der Waals surface area contributed by atoms with Crippen LogP contribution in [0.15, 0.2) is 63.8 Å². The SMILES string of the molecule is CCOC(=O)COc1ccc(SCN2N=NC(c3ccc(C(F)(F)F)cc3)C2=O)cc1. The third kappa shape index (κ3) is 5.97. The van der Waals surface area contributed by atoms with Crippen molar-refractivity contribution < 1.29 is 32.2 Å². The van der Waals surface area contributed by atoms with Crippen molar-refractivity contribution in [3.8, 4) is 5.75 Å². The normalized spacial score (nSPS) is 15.9. The number of benzene rings is 2. The number of hydrogen-bond donors (Lipinski definition) is 0. The molecule has 0 aromatic heterocycles. The second-order valence-corrected chi connectivity index (χ2v) is 7.32. The maximum Gasteiger partial charge on any atom is 0.416 e. The molecule has 0 saturated heterocycles. The highest BCUT2D eigenvalue weighted by molar-refractivity contribution is 7.99. The summed E-state index contributed by atoms with van der Waals surface area (Å²) in [5.41, 5.74) is -0.446. The van der Waals surface area contributed by atoms with Crippen molar-refractivity contribution in [2.75, 3.05) is 19.1 Å². The lowest BCUT2D eigenvalue weighted by atomic mass is 10.0. The van der Waals surface area contributed by atoms with Crippen LogP contribution in [-0.2, 0) is 20.5 Å². The Balaban J connectivity index is 1.51. The van der Waals surface area contributed by atoms with Crippen molar-refractivity contribution in [3.05, 3.63) is 59.7 Å². The predicted molar refractivity (Wildman–Crippen MR) is 105 cm³/mol. The summed E-state index contributed by atoms with van der Waals surface area (Å²) < 4.78 is 48.1. The summed E-state index contributed by atoms with van der Waals surface area (Å²) in [6, 6.07) is 10.2. The van der Waals surface area contributed by atoms with Gasteiger partial charge in [-0.25, -0.2) is 9.80 Å². The average molecular weight is 453 g/mol. The van der Waals surface area contributed by atoms with Gasteiger partial charge in [-0.15, -0.1) is 11.8 Å². The van der Waals surface area contributed by atoms with Gasteiger partial charge in [0.2, 0.25) is 0 Å². The van der Waals surface area contributed by atoms with Crippen LogP contribution in [-0.4, -0.2) is 36.0 Å². The molecule has 1 heterocycles. The van der Waals surface area contributed by atoms with Crippen LogP contribution in [0.2, 0.25) is 0 Å². The van der Waals surface area contributed by atoms with Crippen LogP contribution >= 0.6 is 11.8 Å². The van der Waals surface area contributed by atoms with Crippen molar-refractivity contribution >= 4 is 23.6 Å². The summed E-state index contributed by atoms with van der Waals surface area (Å²) in [7, 11) is 0. The van der Waals surface area contributed by atoms with Crippen LogP contribution in [0.4, 0.5) is 13.2 Å². The van der Waals surface area contributed by atoms with Gasteiger partial charge in [-0.1, -0.05) is 17.4 Å². The van der Waals surface area contributed by atoms with Gasteiger partial charge in [-0.3, -0.25) is 4.79 Å². The fraction of sp³-hybridized carbons (Fsp3) is 0.300. The molecule has 31 heavy (non-hydrogen) atoms. The summed E-state index contributed by atoms with van der Waals surface area (Å²) in [4.78, 5) is 24.6. The molecule has 1 aliphatic heterocycles. The largest absolute Gasteiger partial charge is 0.482 e. The Morgan fingerprint density at radius 1 is 1.13 bits per heavy atom. The van der Waals surface area contributed by atoms with E-state index in [1.54, 1.807) is 31.2 Å². The maximum atomic E-state index is 12.7. The van der Waals surface area contributed by atoms with Crippen molar-refractivity contribution in [2.24, 2.45) is 10.3 Å². The molecule has 0 bridgehead atoms. The molecule has 164 valence electrons. The van der Waals surface area contributed by atoms with Gasteiger partial charge in [0, 0.05) is 4.90 Å². The zero-order valence-electron chi connectivity index (χ0n) is 16.3. The van der Waals surface area contributed by atoms with Crippen molar-refractivity contribution in [3.63, 3.8) is 0 Å². The maximum absolute atomic E-state index is 12.7. The third-order valence-electron chi connectivity index (χ3n) is 4.16. The van der Waals surface area contributed by atoms with E-state index >= 15 is 0 Å². The fourth-order valence-corrected chi connectivity index (χ4v) is 3.39. The fourth-order valence-electron chi connectivity index (χ4n) is 2.61. The Morgan fingerprint density at radius 3 is 2.42 bits per heavy atom. The summed E-state index contributed by atoms with van der Waals surface area (Å²) >= 11 is 1.32. The summed E-state index contributed by atoms with van der Waals surface area (Å²) in [5, 5.41) is 8.88. The van der Waals surface area contributed by atoms with E-state index in [0.717, 1.165) is 22.0 Å². The molecule has 1 unspecified atom stereocenters. The van der Waals surface area contributed by atoms with E-state index in [-0.39, 0.29) is 19.1 Å². The van der Waals surface area contributed by atoms with E-state index in [2.05, 4.69) is 10.3 Å². The van der Waals surface area contributed by atoms with Gasteiger partial charge in [0.05, 0.1) is 18.0 Å². The van der Waals surface area contributed by atoms with Gasteiger partial charge in [0.1, 0.15) is 5.75 Å². The van der Waals surface area contributed by atoms with Crippen molar-refractivity contribution in [1.82, 2.24) is 5.01 Å². The number of rotatable bonds is 8. The molecule has 2 aromatic rings. The number of carbonyl (C=O) groups excluding carboxylic acids is 2. The van der Waals surface area contributed by atoms with E-state index in [9.17, 15) is 22.8 Å². The van der Waals surface area contributed by atoms with Crippen LogP contribution in [0.5, 0.6) is 5.75 Å². The number of halogens is 3. The Kier molecular flexibility index (Phi) is 7.16. The highest BCUT2D eigenvalue weighted by Crippen LogP contribution is 2.33. The first-order valence-electron chi connectivity index (χ1n) is 9.18. The summed E-state index contributed by atoms with van der Waals surface area (Å²) in [6.45, 7) is 1.80. The standard InChI is InChI=1S/C20H18F3N3O4S/c1-2-29-17(27)11-30-15-7-9-16(10-8-15)31-12-26-19(28)18(24-25-26)13-3-5-14(6-4-13)20(21,22)23/h3-10,18H,2,11-12H2,1H3. The molecular formula is C20H18F3N3O4S. The van der Waals surface area contributed by atoms with Gasteiger partial charge in [-0.05, 0) is 48.9 Å². The number of ether oxygens (including phenoxy) is 2. The quantitative estimate of drug-likeness (QED) is 0.430. The molecule has 1 aliphatic rings. The molecule has 0 spiro atoms. The second-order valence-electron chi connectivity index (χ2n) is 6.30. The molecule has 0 radical (unpaired) electrons. The van der Waals surface area contributed by atoms with Gasteiger partial charge >= 0.3 is 12.1 Å². The Labute approximate surface area is 180 Å². The molecule has 0 saturated carbocycles. The van der Waals surface area contributed by atoms with E-state index in [0.29, 0.717) is 11.3 Å². The number of carbonyl (C=O) groups is 2. The molecule has 3 rings (SSSR count). The lowest BCUT2D eigenvalue weighted by molar-refractivity contribution is -0.145. The molecule has 0 fully saturated rings. The Hall–Kier alpha value is -3.08. The lowest BCUT2D eigenvalue weighted by Gasteiger charge is -2.13. The number of esters is 1. The zero-order chi connectivity index (χ0) is 22.4. The van der Waals surface area contributed by atoms with E-state index < -0.39 is 29.7 Å². The Morgan fingerprint density at radius 2 is 1.81 bits per heavy atom. The van der Waals surface area contributed by atoms with E-state index in [1.807, 2.05) is 0 Å². The molecule has 0 aliphatic carbocycles. The van der Waals surface area contributed by atoms with Crippen LogP contribution in [0.3, 0.4) is 0 Å². The first-order valence-corrected chi connectivity index (χ1v) is 10.2. The predicted octanol–water partition coefficient (Wildman–Crippen LogP) is 4.65. The number of nitrogens with zero attached hydrogens (tertiary/aromatic N) is 3. The first-order chi connectivity index (χ1) is 14.8. The van der Waals surface area contributed by atoms with E-state index in [1.165, 1.54) is 23.9 Å². The summed E-state index contributed by atoms with van der Waals surface area (Å²) in [6.07, 6.45) is -4.44. The second kappa shape index (κ2) is 9.82. The van der Waals surface area contributed by atoms with Gasteiger partial charge in [0.25, 0.3) is 5.91 Å². The highest BCUT2D eigenvalue weighted by atomic mass is 32.2. The lowest BCUT2D eigenvalue weighted by Crippen LogP contribution is -2.24. The first kappa shape index (κ1) is 22.6. The van der Waals surface area contributed by atoms with Crippen LogP contribution in [0, 0.1) is 0 Å². The number of amides is 1. The van der Waals surface area contributed by atoms with E-state index in [4.69, 9.17) is 9.47 Å². The average Bonchev–Trinajstić information content (AvgIpc) is 3.11. The minimum Gasteiger partial charge on any atom is -0.482 e. The highest BCUT2D eigenvalue weighted by Gasteiger charge is 2.34. The van der Waals surface area contributed by atoms with Crippen LogP contribution in [0.1, 0.15) is 24.1 Å². The minimum absolute atomic E-state index is 0.183. The van der Waals surface area contributed by atoms with Gasteiger partial charge in [-0.2, -0.15) is 18.3 Å². The molecular weight excluding hydrogens is 435 g/mol. The Bertz CT molecular complexity index is 950. The minimum atomic E-state index is -4.44. The van der Waals surface area contributed by atoms with Gasteiger partial charge < -0.3 is 9.47 Å². The van der Waals surface area contributed by atoms with Crippen molar-refractivity contribution in [2.45, 2.75) is 24.0 Å². The molecule has 1 atom stereocenters. The van der Waals surface area contributed by atoms with Crippen LogP contribution < -0.4 is 4.74 Å². The number of alkyl halides is 3. The number of thioether (sulfide) groups is 1. The summed E-state index contributed by atoms with van der Waals surface area (Å²) in [5.74, 6) is -0.192. The smallest absolute Gasteiger partial charge is 0.416 e. The zero-order valence-corrected chi connectivity index (χ0v) is 17.2. The van der Waals surface area contributed by atoms with Gasteiger partial charge in [0.15, 0.2) is 12.6 Å². The topological polar surface area (TPSA) is 80.6 Å². The van der Waals surface area contributed by atoms with Crippen LogP contribution in [0.25, 0.3) is 0 Å². The van der Waals surface area contributed by atoms with Crippen molar-refractivity contribution in [1.29, 1.82) is 0 Å². The third-order valence-corrected chi connectivity index (χ3v) is 5.14. The molecule has 11 heteroatoms.